The zero-order valence-corrected chi connectivity index (χ0v) is 60.4. The molecule has 4 N–H and O–H groups in total. The molecule has 0 aliphatic heterocycles. The Morgan fingerprint density at radius 1 is 0.155 bits per heavy atom. The van der Waals surface area contributed by atoms with Gasteiger partial charge in [0.2, 0.25) is 0 Å². The van der Waals surface area contributed by atoms with Gasteiger partial charge in [-0.1, -0.05) is 340 Å². The molecule has 19 aromatic carbocycles. The third kappa shape index (κ3) is 14.1. The van der Waals surface area contributed by atoms with Crippen LogP contribution in [0.5, 0.6) is 0 Å². The van der Waals surface area contributed by atoms with E-state index in [4.69, 9.17) is 0 Å². The van der Waals surface area contributed by atoms with E-state index in [0.717, 1.165) is 50.9 Å². The molecule has 0 saturated heterocycles. The Balaban J connectivity index is 0.000000103. The second kappa shape index (κ2) is 30.8. The second-order valence-corrected chi connectivity index (χ2v) is 27.7. The highest BCUT2D eigenvalue weighted by Crippen LogP contribution is 2.49. The zero-order chi connectivity index (χ0) is 73.4. The van der Waals surface area contributed by atoms with E-state index in [1.165, 1.54) is 137 Å². The summed E-state index contributed by atoms with van der Waals surface area (Å²) in [4.78, 5) is 4.41. The van der Waals surface area contributed by atoms with E-state index in [-0.39, 0.29) is 0 Å². The third-order valence-corrected chi connectivity index (χ3v) is 20.8. The minimum atomic E-state index is 1.03. The summed E-state index contributed by atoms with van der Waals surface area (Å²) in [5.41, 5.74) is 23.9. The molecule has 1 heterocycles. The van der Waals surface area contributed by atoms with Crippen molar-refractivity contribution >= 4 is 121 Å². The molecule has 0 unspecified atom stereocenters. The molecule has 0 saturated carbocycles. The molecule has 1 aromatic heterocycles. The van der Waals surface area contributed by atoms with E-state index < -0.39 is 0 Å². The van der Waals surface area contributed by atoms with Crippen molar-refractivity contribution in [3.8, 4) is 66.8 Å². The molecule has 520 valence electrons. The van der Waals surface area contributed by atoms with Crippen LogP contribution in [-0.4, -0.2) is 4.98 Å². The molecular formula is C105H75N5. The SMILES string of the molecule is c1ccc(-c2ccc(Nc3ccc(-c4cccc5ccccc45)cc3)cc2)cc1.c1ccc(-c2cccc(Nc3ccc4c5ccccc5c5ccccc5c4c3)c2)cc1.c1ccc(Nc2ccc(-c3cccc4ccccc34)cc2)cc1.c1ccc2c(c1)-c1cccc3c(Nc4cncc5ccccc45)ccc-2c13. The molecule has 20 aromatic rings. The van der Waals surface area contributed by atoms with Crippen LogP contribution in [0.4, 0.5) is 45.5 Å². The molecule has 5 heteroatoms. The van der Waals surface area contributed by atoms with Crippen LogP contribution in [0, 0.1) is 0 Å². The van der Waals surface area contributed by atoms with Gasteiger partial charge in [-0.05, 0) is 205 Å². The molecule has 0 fully saturated rings. The Kier molecular flexibility index (Phi) is 18.8. The molecular weight excluding hydrogens is 1330 g/mol. The van der Waals surface area contributed by atoms with Crippen LogP contribution in [-0.2, 0) is 0 Å². The fourth-order valence-corrected chi connectivity index (χ4v) is 15.5. The van der Waals surface area contributed by atoms with E-state index in [2.05, 4.69) is 414 Å². The number of anilines is 8. The predicted molar refractivity (Wildman–Crippen MR) is 471 cm³/mol. The van der Waals surface area contributed by atoms with Crippen LogP contribution < -0.4 is 21.3 Å². The first-order valence-corrected chi connectivity index (χ1v) is 37.5. The van der Waals surface area contributed by atoms with Crippen molar-refractivity contribution in [1.82, 2.24) is 4.98 Å². The standard InChI is InChI=1S/C30H21N.C28H21N.C25H16N2.C22H17N/c1-2-9-21(10-3-1)22-11-8-12-23(19-22)31-24-17-18-29-27-15-5-4-13-25(27)26-14-6-7-16-28(26)30(29)20-24;1-2-7-21(8-3-1)22-13-17-25(18-14-22)29-26-19-15-24(16-20-26)28-12-6-10-23-9-4-5-11-27(23)28;1-2-7-17-16(6-1)14-26-15-24(17)27-23-13-12-21-19-9-4-3-8-18(19)20-10-5-11-22(23)25(20)21;1-2-9-19(10-3-1)23-20-15-13-18(14-16-20)22-12-6-8-17-7-4-5-11-21(17)22/h1-20,31H;1-20,29H;1-15,27H;1-16,23H. The van der Waals surface area contributed by atoms with Gasteiger partial charge in [-0.25, -0.2) is 0 Å². The van der Waals surface area contributed by atoms with Gasteiger partial charge in [0.25, 0.3) is 0 Å². The van der Waals surface area contributed by atoms with E-state index in [1.54, 1.807) is 0 Å². The number of hydrogen-bond acceptors (Lipinski definition) is 5. The third-order valence-electron chi connectivity index (χ3n) is 20.8. The maximum Gasteiger partial charge on any atom is 0.0650 e. The lowest BCUT2D eigenvalue weighted by atomic mass is 9.94. The summed E-state index contributed by atoms with van der Waals surface area (Å²) in [6, 6.07) is 148. The number of aromatic nitrogens is 1. The molecule has 0 spiro atoms. The van der Waals surface area contributed by atoms with Crippen molar-refractivity contribution in [1.29, 1.82) is 0 Å². The lowest BCUT2D eigenvalue weighted by Gasteiger charge is -2.13. The Hall–Kier alpha value is -14.7. The number of nitrogens with zero attached hydrogens (tertiary/aromatic N) is 1. The Morgan fingerprint density at radius 2 is 0.500 bits per heavy atom. The number of hydrogen-bond donors (Lipinski definition) is 4. The van der Waals surface area contributed by atoms with Crippen molar-refractivity contribution in [2.45, 2.75) is 0 Å². The smallest absolute Gasteiger partial charge is 0.0650 e. The van der Waals surface area contributed by atoms with Gasteiger partial charge in [0.1, 0.15) is 0 Å². The van der Waals surface area contributed by atoms with Crippen LogP contribution in [0.25, 0.3) is 142 Å². The molecule has 110 heavy (non-hydrogen) atoms. The Bertz CT molecular complexity index is 6600. The summed E-state index contributed by atoms with van der Waals surface area (Å²) in [6.45, 7) is 0. The summed E-state index contributed by atoms with van der Waals surface area (Å²) in [7, 11) is 0. The normalized spacial score (nSPS) is 11.1. The van der Waals surface area contributed by atoms with E-state index in [0.29, 0.717) is 0 Å². The van der Waals surface area contributed by atoms with Gasteiger partial charge in [-0.15, -0.1) is 0 Å². The number of nitrogens with one attached hydrogen (secondary N) is 4. The molecule has 0 bridgehead atoms. The molecule has 5 nitrogen and oxygen atoms in total. The van der Waals surface area contributed by atoms with Crippen molar-refractivity contribution < 1.29 is 0 Å². The first-order chi connectivity index (χ1) is 54.5. The summed E-state index contributed by atoms with van der Waals surface area (Å²) in [6.07, 6.45) is 3.81. The second-order valence-electron chi connectivity index (χ2n) is 27.7. The van der Waals surface area contributed by atoms with Gasteiger partial charge < -0.3 is 21.3 Å². The van der Waals surface area contributed by atoms with Crippen molar-refractivity contribution in [3.63, 3.8) is 0 Å². The fraction of sp³-hybridized carbons (Fsp3) is 0. The molecule has 0 radical (unpaired) electrons. The summed E-state index contributed by atoms with van der Waals surface area (Å²) < 4.78 is 0. The van der Waals surface area contributed by atoms with Gasteiger partial charge in [-0.2, -0.15) is 0 Å². The fourth-order valence-electron chi connectivity index (χ4n) is 15.5. The largest absolute Gasteiger partial charge is 0.356 e. The zero-order valence-electron chi connectivity index (χ0n) is 60.4. The van der Waals surface area contributed by atoms with Crippen molar-refractivity contribution in [2.24, 2.45) is 0 Å². The number of pyridine rings is 1. The van der Waals surface area contributed by atoms with Crippen molar-refractivity contribution in [3.05, 3.63) is 431 Å². The lowest BCUT2D eigenvalue weighted by Crippen LogP contribution is -1.94. The van der Waals surface area contributed by atoms with Crippen LogP contribution >= 0.6 is 0 Å². The maximum atomic E-state index is 4.41. The molecule has 0 amide bonds. The van der Waals surface area contributed by atoms with E-state index >= 15 is 0 Å². The summed E-state index contributed by atoms with van der Waals surface area (Å²) in [5, 5.41) is 31.9. The average Bonchev–Trinajstić information content (AvgIpc) is 1.14. The molecule has 21 rings (SSSR count). The number of benzene rings is 19. The Morgan fingerprint density at radius 3 is 1.07 bits per heavy atom. The maximum absolute atomic E-state index is 4.41. The minimum Gasteiger partial charge on any atom is -0.356 e. The van der Waals surface area contributed by atoms with E-state index in [9.17, 15) is 0 Å². The molecule has 0 atom stereocenters. The molecule has 1 aliphatic rings. The Labute approximate surface area is 640 Å². The number of para-hydroxylation sites is 1. The van der Waals surface area contributed by atoms with Gasteiger partial charge in [0.15, 0.2) is 0 Å². The van der Waals surface area contributed by atoms with Crippen LogP contribution in [0.2, 0.25) is 0 Å². The minimum absolute atomic E-state index is 1.03. The highest BCUT2D eigenvalue weighted by atomic mass is 14.9. The first kappa shape index (κ1) is 67.2. The summed E-state index contributed by atoms with van der Waals surface area (Å²) in [5.74, 6) is 0. The van der Waals surface area contributed by atoms with Gasteiger partial charge in [-0.3, -0.25) is 4.98 Å². The van der Waals surface area contributed by atoms with Crippen LogP contribution in [0.3, 0.4) is 0 Å². The molecule has 1 aliphatic carbocycles. The first-order valence-electron chi connectivity index (χ1n) is 37.5. The number of rotatable bonds is 12. The average molecular weight is 1410 g/mol. The summed E-state index contributed by atoms with van der Waals surface area (Å²) >= 11 is 0. The van der Waals surface area contributed by atoms with Crippen molar-refractivity contribution in [2.75, 3.05) is 21.3 Å². The lowest BCUT2D eigenvalue weighted by molar-refractivity contribution is 1.36. The van der Waals surface area contributed by atoms with Gasteiger partial charge in [0, 0.05) is 62.2 Å². The van der Waals surface area contributed by atoms with E-state index in [1.807, 2.05) is 42.7 Å². The monoisotopic (exact) mass is 1410 g/mol. The van der Waals surface area contributed by atoms with Crippen LogP contribution in [0.15, 0.2) is 431 Å². The highest BCUT2D eigenvalue weighted by molar-refractivity contribution is 6.26. The quantitative estimate of drug-likeness (QED) is 0.0919. The van der Waals surface area contributed by atoms with Gasteiger partial charge >= 0.3 is 0 Å². The highest BCUT2D eigenvalue weighted by Gasteiger charge is 2.22. The predicted octanol–water partition coefficient (Wildman–Crippen LogP) is 29.5. The van der Waals surface area contributed by atoms with Crippen LogP contribution in [0.1, 0.15) is 0 Å². The number of fused-ring (bicyclic) bond motifs is 12. The topological polar surface area (TPSA) is 61.0 Å². The van der Waals surface area contributed by atoms with Gasteiger partial charge in [0.05, 0.1) is 11.9 Å².